The van der Waals surface area contributed by atoms with Gasteiger partial charge in [-0.05, 0) is 12.8 Å². The van der Waals surface area contributed by atoms with Gasteiger partial charge in [-0.2, -0.15) is 0 Å². The standard InChI is InChI=1S/C20H22N4O2S/c1-13(2)16-9-19(26)24(12-22-16)11-18(25)21-10-17-14(3)23-20(27-17)15-7-5-4-6-8-15/h4-9,12-13H,10-11H2,1-3H3,(H,21,25). The third-order valence-electron chi connectivity index (χ3n) is 4.17. The molecule has 27 heavy (non-hydrogen) atoms. The minimum Gasteiger partial charge on any atom is -0.350 e. The van der Waals surface area contributed by atoms with Crippen LogP contribution in [0.15, 0.2) is 47.5 Å². The molecule has 0 spiro atoms. The Kier molecular flexibility index (Phi) is 5.81. The molecule has 7 heteroatoms. The summed E-state index contributed by atoms with van der Waals surface area (Å²) >= 11 is 1.56. The van der Waals surface area contributed by atoms with Gasteiger partial charge in [0.15, 0.2) is 0 Å². The largest absolute Gasteiger partial charge is 0.350 e. The van der Waals surface area contributed by atoms with Crippen molar-refractivity contribution in [3.63, 3.8) is 0 Å². The smallest absolute Gasteiger partial charge is 0.254 e. The van der Waals surface area contributed by atoms with Crippen LogP contribution in [0, 0.1) is 6.92 Å². The first-order valence-corrected chi connectivity index (χ1v) is 9.60. The van der Waals surface area contributed by atoms with Crippen LogP contribution in [0.2, 0.25) is 0 Å². The number of hydrogen-bond donors (Lipinski definition) is 1. The summed E-state index contributed by atoms with van der Waals surface area (Å²) in [5.41, 5.74) is 2.47. The number of nitrogens with zero attached hydrogens (tertiary/aromatic N) is 3. The highest BCUT2D eigenvalue weighted by Gasteiger charge is 2.12. The van der Waals surface area contributed by atoms with Crippen LogP contribution in [-0.4, -0.2) is 20.4 Å². The number of rotatable bonds is 6. The van der Waals surface area contributed by atoms with E-state index in [2.05, 4.69) is 15.3 Å². The topological polar surface area (TPSA) is 76.9 Å². The Morgan fingerprint density at radius 2 is 2.00 bits per heavy atom. The van der Waals surface area contributed by atoms with Crippen LogP contribution in [0.5, 0.6) is 0 Å². The van der Waals surface area contributed by atoms with Gasteiger partial charge in [-0.1, -0.05) is 44.2 Å². The lowest BCUT2D eigenvalue weighted by Crippen LogP contribution is -2.32. The van der Waals surface area contributed by atoms with E-state index < -0.39 is 0 Å². The number of benzene rings is 1. The van der Waals surface area contributed by atoms with E-state index in [4.69, 9.17) is 0 Å². The van der Waals surface area contributed by atoms with Gasteiger partial charge in [-0.15, -0.1) is 11.3 Å². The van der Waals surface area contributed by atoms with E-state index in [0.29, 0.717) is 6.54 Å². The Balaban J connectivity index is 1.63. The maximum Gasteiger partial charge on any atom is 0.254 e. The van der Waals surface area contributed by atoms with Crippen molar-refractivity contribution >= 4 is 17.2 Å². The van der Waals surface area contributed by atoms with Crippen molar-refractivity contribution < 1.29 is 4.79 Å². The van der Waals surface area contributed by atoms with Crippen molar-refractivity contribution in [1.82, 2.24) is 19.9 Å². The lowest BCUT2D eigenvalue weighted by Gasteiger charge is -2.08. The zero-order chi connectivity index (χ0) is 19.4. The van der Waals surface area contributed by atoms with Crippen LogP contribution in [0.1, 0.15) is 36.0 Å². The molecule has 0 aliphatic heterocycles. The predicted octanol–water partition coefficient (Wildman–Crippen LogP) is 3.12. The molecule has 3 aromatic rings. The molecule has 2 aromatic heterocycles. The molecular weight excluding hydrogens is 360 g/mol. The summed E-state index contributed by atoms with van der Waals surface area (Å²) in [5.74, 6) is -0.0560. The molecule has 0 atom stereocenters. The number of aryl methyl sites for hydroxylation is 1. The van der Waals surface area contributed by atoms with E-state index >= 15 is 0 Å². The number of carbonyl (C=O) groups is 1. The molecule has 0 bridgehead atoms. The fourth-order valence-corrected chi connectivity index (χ4v) is 3.57. The highest BCUT2D eigenvalue weighted by atomic mass is 32.1. The fourth-order valence-electron chi connectivity index (χ4n) is 2.56. The van der Waals surface area contributed by atoms with Gasteiger partial charge in [0.25, 0.3) is 5.56 Å². The van der Waals surface area contributed by atoms with Gasteiger partial charge in [0.1, 0.15) is 11.6 Å². The summed E-state index contributed by atoms with van der Waals surface area (Å²) in [5, 5.41) is 3.79. The molecular formula is C20H22N4O2S. The monoisotopic (exact) mass is 382 g/mol. The summed E-state index contributed by atoms with van der Waals surface area (Å²) in [4.78, 5) is 34.2. The van der Waals surface area contributed by atoms with Crippen molar-refractivity contribution in [3.8, 4) is 10.6 Å². The first kappa shape index (κ1) is 19.0. The number of nitrogens with one attached hydrogen (secondary N) is 1. The van der Waals surface area contributed by atoms with Crippen LogP contribution < -0.4 is 10.9 Å². The summed E-state index contributed by atoms with van der Waals surface area (Å²) in [6.07, 6.45) is 1.43. The quantitative estimate of drug-likeness (QED) is 0.711. The third kappa shape index (κ3) is 4.68. The molecule has 1 aromatic carbocycles. The van der Waals surface area contributed by atoms with Crippen LogP contribution >= 0.6 is 11.3 Å². The molecule has 1 amide bonds. The Hall–Kier alpha value is -2.80. The molecule has 0 fully saturated rings. The molecule has 0 saturated heterocycles. The molecule has 1 N–H and O–H groups in total. The molecule has 0 unspecified atom stereocenters. The summed E-state index contributed by atoms with van der Waals surface area (Å²) in [6, 6.07) is 11.4. The molecule has 0 aliphatic carbocycles. The van der Waals surface area contributed by atoms with E-state index in [-0.39, 0.29) is 23.9 Å². The van der Waals surface area contributed by atoms with Crippen LogP contribution in [0.4, 0.5) is 0 Å². The van der Waals surface area contributed by atoms with E-state index in [0.717, 1.165) is 26.8 Å². The van der Waals surface area contributed by atoms with Crippen LogP contribution in [-0.2, 0) is 17.9 Å². The highest BCUT2D eigenvalue weighted by Crippen LogP contribution is 2.27. The summed E-state index contributed by atoms with van der Waals surface area (Å²) < 4.78 is 1.32. The molecule has 140 valence electrons. The van der Waals surface area contributed by atoms with Crippen LogP contribution in [0.3, 0.4) is 0 Å². The number of carbonyl (C=O) groups excluding carboxylic acids is 1. The average molecular weight is 382 g/mol. The first-order valence-electron chi connectivity index (χ1n) is 8.79. The van der Waals surface area contributed by atoms with Gasteiger partial charge in [-0.3, -0.25) is 14.2 Å². The average Bonchev–Trinajstić information content (AvgIpc) is 3.03. The molecule has 6 nitrogen and oxygen atoms in total. The maximum absolute atomic E-state index is 12.2. The minimum absolute atomic E-state index is 0.0480. The number of hydrogen-bond acceptors (Lipinski definition) is 5. The minimum atomic E-state index is -0.231. The first-order chi connectivity index (χ1) is 12.9. The second-order valence-electron chi connectivity index (χ2n) is 6.60. The van der Waals surface area contributed by atoms with Crippen molar-refractivity contribution in [2.45, 2.75) is 39.8 Å². The summed E-state index contributed by atoms with van der Waals surface area (Å²) in [6.45, 7) is 6.22. The predicted molar refractivity (Wildman–Crippen MR) is 107 cm³/mol. The van der Waals surface area contributed by atoms with Gasteiger partial charge < -0.3 is 5.32 Å². The Morgan fingerprint density at radius 1 is 1.26 bits per heavy atom. The highest BCUT2D eigenvalue weighted by molar-refractivity contribution is 7.15. The molecule has 0 radical (unpaired) electrons. The maximum atomic E-state index is 12.2. The lowest BCUT2D eigenvalue weighted by molar-refractivity contribution is -0.121. The zero-order valence-electron chi connectivity index (χ0n) is 15.6. The Labute approximate surface area is 161 Å². The third-order valence-corrected chi connectivity index (χ3v) is 5.37. The van der Waals surface area contributed by atoms with Gasteiger partial charge in [0.2, 0.25) is 5.91 Å². The molecule has 0 aliphatic rings. The fraction of sp³-hybridized carbons (Fsp3) is 0.300. The van der Waals surface area contributed by atoms with E-state index in [1.807, 2.05) is 51.1 Å². The van der Waals surface area contributed by atoms with Gasteiger partial charge in [0, 0.05) is 16.5 Å². The van der Waals surface area contributed by atoms with E-state index in [1.165, 1.54) is 17.0 Å². The van der Waals surface area contributed by atoms with Gasteiger partial charge >= 0.3 is 0 Å². The number of amides is 1. The number of thiazole rings is 1. The van der Waals surface area contributed by atoms with E-state index in [1.54, 1.807) is 11.3 Å². The SMILES string of the molecule is Cc1nc(-c2ccccc2)sc1CNC(=O)Cn1cnc(C(C)C)cc1=O. The van der Waals surface area contributed by atoms with Gasteiger partial charge in [0.05, 0.1) is 24.3 Å². The van der Waals surface area contributed by atoms with E-state index in [9.17, 15) is 9.59 Å². The van der Waals surface area contributed by atoms with Crippen molar-refractivity contribution in [1.29, 1.82) is 0 Å². The summed E-state index contributed by atoms with van der Waals surface area (Å²) in [7, 11) is 0. The number of aromatic nitrogens is 3. The molecule has 2 heterocycles. The zero-order valence-corrected chi connectivity index (χ0v) is 16.4. The van der Waals surface area contributed by atoms with Crippen molar-refractivity contribution in [2.24, 2.45) is 0 Å². The Morgan fingerprint density at radius 3 is 2.67 bits per heavy atom. The van der Waals surface area contributed by atoms with Crippen LogP contribution in [0.25, 0.3) is 10.6 Å². The van der Waals surface area contributed by atoms with Crippen molar-refractivity contribution in [2.75, 3.05) is 0 Å². The Bertz CT molecular complexity index is 993. The second kappa shape index (κ2) is 8.26. The van der Waals surface area contributed by atoms with Crippen molar-refractivity contribution in [3.05, 3.63) is 69.3 Å². The second-order valence-corrected chi connectivity index (χ2v) is 7.69. The van der Waals surface area contributed by atoms with Gasteiger partial charge in [-0.25, -0.2) is 9.97 Å². The normalized spacial score (nSPS) is 11.0. The lowest BCUT2D eigenvalue weighted by atomic mass is 10.1. The molecule has 0 saturated carbocycles. The molecule has 3 rings (SSSR count).